The van der Waals surface area contributed by atoms with E-state index >= 15 is 0 Å². The first-order valence-corrected chi connectivity index (χ1v) is 8.37. The SMILES string of the molecule is C[C@@H](Nc1cnn(CC(=O)N2CCOCC2)c1)C1CCCC1. The average Bonchev–Trinajstić information content (AvgIpc) is 3.20. The number of hydrogen-bond donors (Lipinski definition) is 1. The molecule has 1 aromatic heterocycles. The lowest BCUT2D eigenvalue weighted by Crippen LogP contribution is -2.42. The highest BCUT2D eigenvalue weighted by Gasteiger charge is 2.22. The van der Waals surface area contributed by atoms with E-state index in [1.165, 1.54) is 25.7 Å². The summed E-state index contributed by atoms with van der Waals surface area (Å²) in [6, 6.07) is 0.468. The molecule has 6 heteroatoms. The van der Waals surface area contributed by atoms with Crippen molar-refractivity contribution in [2.24, 2.45) is 5.92 Å². The second-order valence-corrected chi connectivity index (χ2v) is 6.40. The van der Waals surface area contributed by atoms with Crippen molar-refractivity contribution in [1.82, 2.24) is 14.7 Å². The molecule has 1 amide bonds. The van der Waals surface area contributed by atoms with Gasteiger partial charge >= 0.3 is 0 Å². The molecule has 0 unspecified atom stereocenters. The van der Waals surface area contributed by atoms with E-state index in [0.717, 1.165) is 11.6 Å². The fourth-order valence-electron chi connectivity index (χ4n) is 3.41. The molecule has 22 heavy (non-hydrogen) atoms. The number of nitrogens with zero attached hydrogens (tertiary/aromatic N) is 3. The first-order chi connectivity index (χ1) is 10.7. The van der Waals surface area contributed by atoms with Gasteiger partial charge in [0.2, 0.25) is 5.91 Å². The van der Waals surface area contributed by atoms with Crippen molar-refractivity contribution in [3.8, 4) is 0 Å². The molecule has 1 N–H and O–H groups in total. The van der Waals surface area contributed by atoms with Crippen molar-refractivity contribution < 1.29 is 9.53 Å². The van der Waals surface area contributed by atoms with Gasteiger partial charge in [-0.05, 0) is 25.7 Å². The molecular formula is C16H26N4O2. The lowest BCUT2D eigenvalue weighted by atomic mass is 10.00. The Kier molecular flexibility index (Phi) is 4.97. The monoisotopic (exact) mass is 306 g/mol. The molecule has 0 bridgehead atoms. The largest absolute Gasteiger partial charge is 0.380 e. The quantitative estimate of drug-likeness (QED) is 0.900. The van der Waals surface area contributed by atoms with Crippen LogP contribution in [0.15, 0.2) is 12.4 Å². The minimum Gasteiger partial charge on any atom is -0.380 e. The van der Waals surface area contributed by atoms with Gasteiger partial charge in [-0.25, -0.2) is 0 Å². The summed E-state index contributed by atoms with van der Waals surface area (Å²) in [6.07, 6.45) is 9.09. The van der Waals surface area contributed by atoms with E-state index in [-0.39, 0.29) is 5.91 Å². The van der Waals surface area contributed by atoms with E-state index in [9.17, 15) is 4.79 Å². The van der Waals surface area contributed by atoms with Crippen molar-refractivity contribution in [2.45, 2.75) is 45.2 Å². The van der Waals surface area contributed by atoms with Crippen molar-refractivity contribution in [3.05, 3.63) is 12.4 Å². The van der Waals surface area contributed by atoms with Crippen molar-refractivity contribution in [3.63, 3.8) is 0 Å². The van der Waals surface area contributed by atoms with Gasteiger partial charge in [-0.2, -0.15) is 5.10 Å². The predicted octanol–water partition coefficient (Wildman–Crippen LogP) is 1.73. The topological polar surface area (TPSA) is 59.4 Å². The van der Waals surface area contributed by atoms with Gasteiger partial charge in [-0.3, -0.25) is 9.48 Å². The van der Waals surface area contributed by atoms with E-state index in [4.69, 9.17) is 4.74 Å². The van der Waals surface area contributed by atoms with Crippen LogP contribution in [0, 0.1) is 5.92 Å². The van der Waals surface area contributed by atoms with Crippen LogP contribution >= 0.6 is 0 Å². The molecule has 1 aliphatic carbocycles. The number of morpholine rings is 1. The van der Waals surface area contributed by atoms with E-state index in [1.807, 2.05) is 17.3 Å². The average molecular weight is 306 g/mol. The maximum atomic E-state index is 12.2. The Bertz CT molecular complexity index is 490. The van der Waals surface area contributed by atoms with Crippen molar-refractivity contribution in [1.29, 1.82) is 0 Å². The van der Waals surface area contributed by atoms with Crippen LogP contribution in [0.1, 0.15) is 32.6 Å². The van der Waals surface area contributed by atoms with Gasteiger partial charge in [0.15, 0.2) is 0 Å². The summed E-state index contributed by atoms with van der Waals surface area (Å²) in [4.78, 5) is 14.0. The lowest BCUT2D eigenvalue weighted by Gasteiger charge is -2.26. The Morgan fingerprint density at radius 1 is 1.41 bits per heavy atom. The zero-order chi connectivity index (χ0) is 15.4. The number of carbonyl (C=O) groups excluding carboxylic acids is 1. The first kappa shape index (κ1) is 15.3. The number of ether oxygens (including phenoxy) is 1. The molecule has 1 saturated heterocycles. The van der Waals surface area contributed by atoms with Crippen LogP contribution in [0.25, 0.3) is 0 Å². The highest BCUT2D eigenvalue weighted by Crippen LogP contribution is 2.29. The summed E-state index contributed by atoms with van der Waals surface area (Å²) >= 11 is 0. The molecule has 1 atom stereocenters. The number of carbonyl (C=O) groups is 1. The Morgan fingerprint density at radius 3 is 2.86 bits per heavy atom. The third kappa shape index (κ3) is 3.80. The second-order valence-electron chi connectivity index (χ2n) is 6.40. The fourth-order valence-corrected chi connectivity index (χ4v) is 3.41. The standard InChI is InChI=1S/C16H26N4O2/c1-13(14-4-2-3-5-14)18-15-10-17-20(11-15)12-16(21)19-6-8-22-9-7-19/h10-11,13-14,18H,2-9,12H2,1H3/t13-/m1/s1. The smallest absolute Gasteiger partial charge is 0.244 e. The molecule has 1 aliphatic heterocycles. The minimum absolute atomic E-state index is 0.113. The van der Waals surface area contributed by atoms with Gasteiger partial charge in [0.05, 0.1) is 25.1 Å². The molecule has 0 spiro atoms. The molecule has 3 rings (SSSR count). The van der Waals surface area contributed by atoms with Crippen molar-refractivity contribution >= 4 is 11.6 Å². The van der Waals surface area contributed by atoms with E-state index in [2.05, 4.69) is 17.3 Å². The summed E-state index contributed by atoms with van der Waals surface area (Å²) in [7, 11) is 0. The third-order valence-electron chi connectivity index (χ3n) is 4.80. The summed E-state index contributed by atoms with van der Waals surface area (Å²) in [5.74, 6) is 0.875. The van der Waals surface area contributed by atoms with Crippen LogP contribution in [0.4, 0.5) is 5.69 Å². The van der Waals surface area contributed by atoms with Gasteiger partial charge < -0.3 is 15.0 Å². The fraction of sp³-hybridized carbons (Fsp3) is 0.750. The number of rotatable bonds is 5. The van der Waals surface area contributed by atoms with Crippen LogP contribution in [0.2, 0.25) is 0 Å². The molecule has 2 fully saturated rings. The molecular weight excluding hydrogens is 280 g/mol. The van der Waals surface area contributed by atoms with E-state index < -0.39 is 0 Å². The Hall–Kier alpha value is -1.56. The Balaban J connectivity index is 1.50. The summed E-state index contributed by atoms with van der Waals surface area (Å²) in [5, 5.41) is 7.83. The number of amides is 1. The van der Waals surface area contributed by atoms with Gasteiger partial charge in [0.25, 0.3) is 0 Å². The second kappa shape index (κ2) is 7.13. The molecule has 1 aromatic rings. The summed E-state index contributed by atoms with van der Waals surface area (Å²) in [5.41, 5.74) is 1.01. The molecule has 1 saturated carbocycles. The normalized spacial score (nSPS) is 21.0. The molecule has 2 heterocycles. The predicted molar refractivity (Wildman–Crippen MR) is 84.7 cm³/mol. The van der Waals surface area contributed by atoms with Gasteiger partial charge in [-0.15, -0.1) is 0 Å². The molecule has 0 radical (unpaired) electrons. The maximum absolute atomic E-state index is 12.2. The van der Waals surface area contributed by atoms with Crippen LogP contribution in [-0.2, 0) is 16.1 Å². The first-order valence-electron chi connectivity index (χ1n) is 8.37. The molecule has 122 valence electrons. The highest BCUT2D eigenvalue weighted by molar-refractivity contribution is 5.76. The number of nitrogens with one attached hydrogen (secondary N) is 1. The summed E-state index contributed by atoms with van der Waals surface area (Å²) in [6.45, 7) is 5.19. The van der Waals surface area contributed by atoms with Crippen LogP contribution in [-0.4, -0.2) is 52.9 Å². The van der Waals surface area contributed by atoms with Gasteiger partial charge in [0.1, 0.15) is 6.54 Å². The molecule has 6 nitrogen and oxygen atoms in total. The van der Waals surface area contributed by atoms with Gasteiger partial charge in [0, 0.05) is 25.3 Å². The molecule has 0 aromatic carbocycles. The van der Waals surface area contributed by atoms with Crippen molar-refractivity contribution in [2.75, 3.05) is 31.6 Å². The maximum Gasteiger partial charge on any atom is 0.244 e. The number of aromatic nitrogens is 2. The highest BCUT2D eigenvalue weighted by atomic mass is 16.5. The number of hydrogen-bond acceptors (Lipinski definition) is 4. The third-order valence-corrected chi connectivity index (χ3v) is 4.80. The summed E-state index contributed by atoms with van der Waals surface area (Å²) < 4.78 is 6.99. The number of anilines is 1. The minimum atomic E-state index is 0.113. The zero-order valence-corrected chi connectivity index (χ0v) is 13.3. The van der Waals surface area contributed by atoms with Gasteiger partial charge in [-0.1, -0.05) is 12.8 Å². The van der Waals surface area contributed by atoms with E-state index in [0.29, 0.717) is 38.9 Å². The van der Waals surface area contributed by atoms with E-state index in [1.54, 1.807) is 4.68 Å². The zero-order valence-electron chi connectivity index (χ0n) is 13.3. The van der Waals surface area contributed by atoms with Crippen LogP contribution in [0.3, 0.4) is 0 Å². The molecule has 2 aliphatic rings. The lowest BCUT2D eigenvalue weighted by molar-refractivity contribution is -0.136. The van der Waals surface area contributed by atoms with Crippen LogP contribution < -0.4 is 5.32 Å². The van der Waals surface area contributed by atoms with Crippen LogP contribution in [0.5, 0.6) is 0 Å². The Morgan fingerprint density at radius 2 is 2.14 bits per heavy atom. The Labute approximate surface area is 131 Å².